The van der Waals surface area contributed by atoms with Crippen molar-refractivity contribution in [2.45, 2.75) is 24.6 Å². The molecular formula is C15H22ClNO2. The van der Waals surface area contributed by atoms with Crippen molar-refractivity contribution in [1.29, 1.82) is 0 Å². The average molecular weight is 284 g/mol. The van der Waals surface area contributed by atoms with Crippen molar-refractivity contribution in [3.63, 3.8) is 0 Å². The molecule has 1 aromatic rings. The summed E-state index contributed by atoms with van der Waals surface area (Å²) in [4.78, 5) is 2.44. The smallest absolute Gasteiger partial charge is 0.161 e. The molecule has 0 spiro atoms. The molecule has 106 valence electrons. The SMILES string of the molecule is COc1ccc(C(Cl)CN2CCCCC2)cc1OC. The Labute approximate surface area is 120 Å². The number of hydrogen-bond acceptors (Lipinski definition) is 3. The van der Waals surface area contributed by atoms with E-state index in [0.717, 1.165) is 36.7 Å². The summed E-state index contributed by atoms with van der Waals surface area (Å²) in [5, 5.41) is -0.00194. The molecule has 1 heterocycles. The van der Waals surface area contributed by atoms with Gasteiger partial charge in [0.2, 0.25) is 0 Å². The van der Waals surface area contributed by atoms with Crippen LogP contribution < -0.4 is 9.47 Å². The van der Waals surface area contributed by atoms with Crippen LogP contribution in [0.1, 0.15) is 30.2 Å². The van der Waals surface area contributed by atoms with Crippen LogP contribution in [0.2, 0.25) is 0 Å². The molecule has 1 aliphatic heterocycles. The second kappa shape index (κ2) is 7.01. The number of benzene rings is 1. The monoisotopic (exact) mass is 283 g/mol. The highest BCUT2D eigenvalue weighted by Crippen LogP contribution is 2.32. The van der Waals surface area contributed by atoms with Gasteiger partial charge in [0.1, 0.15) is 0 Å². The molecule has 2 rings (SSSR count). The summed E-state index contributed by atoms with van der Waals surface area (Å²) in [6.45, 7) is 3.23. The van der Waals surface area contributed by atoms with E-state index < -0.39 is 0 Å². The second-order valence-corrected chi connectivity index (χ2v) is 5.47. The van der Waals surface area contributed by atoms with Crippen molar-refractivity contribution in [3.8, 4) is 11.5 Å². The molecule has 4 heteroatoms. The van der Waals surface area contributed by atoms with Crippen LogP contribution in [-0.2, 0) is 0 Å². The predicted molar refractivity (Wildman–Crippen MR) is 78.4 cm³/mol. The number of alkyl halides is 1. The number of rotatable bonds is 5. The average Bonchev–Trinajstić information content (AvgIpc) is 2.47. The van der Waals surface area contributed by atoms with E-state index in [9.17, 15) is 0 Å². The van der Waals surface area contributed by atoms with Gasteiger partial charge in [0.05, 0.1) is 19.6 Å². The van der Waals surface area contributed by atoms with E-state index in [0.29, 0.717) is 0 Å². The fourth-order valence-corrected chi connectivity index (χ4v) is 2.85. The number of nitrogens with zero attached hydrogens (tertiary/aromatic N) is 1. The Morgan fingerprint density at radius 3 is 2.42 bits per heavy atom. The summed E-state index contributed by atoms with van der Waals surface area (Å²) < 4.78 is 10.6. The molecule has 0 N–H and O–H groups in total. The van der Waals surface area contributed by atoms with Crippen LogP contribution in [0.15, 0.2) is 18.2 Å². The van der Waals surface area contributed by atoms with Crippen LogP contribution in [0.3, 0.4) is 0 Å². The molecule has 1 aromatic carbocycles. The topological polar surface area (TPSA) is 21.7 Å². The van der Waals surface area contributed by atoms with E-state index in [2.05, 4.69) is 4.90 Å². The van der Waals surface area contributed by atoms with Crippen LogP contribution in [-0.4, -0.2) is 38.8 Å². The first kappa shape index (κ1) is 14.5. The summed E-state index contributed by atoms with van der Waals surface area (Å²) in [6, 6.07) is 5.91. The molecule has 0 saturated carbocycles. The molecule has 19 heavy (non-hydrogen) atoms. The third-order valence-electron chi connectivity index (χ3n) is 3.64. The van der Waals surface area contributed by atoms with Crippen molar-refractivity contribution < 1.29 is 9.47 Å². The van der Waals surface area contributed by atoms with Gasteiger partial charge < -0.3 is 14.4 Å². The first-order valence-electron chi connectivity index (χ1n) is 6.83. The van der Waals surface area contributed by atoms with E-state index in [1.165, 1.54) is 19.3 Å². The molecule has 0 aromatic heterocycles. The van der Waals surface area contributed by atoms with Gasteiger partial charge in [-0.1, -0.05) is 12.5 Å². The number of likely N-dealkylation sites (tertiary alicyclic amines) is 1. The summed E-state index contributed by atoms with van der Waals surface area (Å²) in [7, 11) is 3.29. The van der Waals surface area contributed by atoms with Crippen molar-refractivity contribution in [2.75, 3.05) is 33.9 Å². The summed E-state index contributed by atoms with van der Waals surface area (Å²) >= 11 is 6.53. The normalized spacial score (nSPS) is 18.1. The third kappa shape index (κ3) is 3.77. The van der Waals surface area contributed by atoms with Crippen LogP contribution in [0.4, 0.5) is 0 Å². The Kier molecular flexibility index (Phi) is 5.34. The molecule has 1 aliphatic rings. The Bertz CT molecular complexity index is 405. The second-order valence-electron chi connectivity index (χ2n) is 4.94. The van der Waals surface area contributed by atoms with Gasteiger partial charge in [0.15, 0.2) is 11.5 Å². The van der Waals surface area contributed by atoms with Gasteiger partial charge in [-0.3, -0.25) is 0 Å². The summed E-state index contributed by atoms with van der Waals surface area (Å²) in [5.74, 6) is 1.48. The maximum absolute atomic E-state index is 6.53. The lowest BCUT2D eigenvalue weighted by Crippen LogP contribution is -2.32. The minimum absolute atomic E-state index is 0.00194. The van der Waals surface area contributed by atoms with Crippen molar-refractivity contribution in [2.24, 2.45) is 0 Å². The highest BCUT2D eigenvalue weighted by molar-refractivity contribution is 6.21. The predicted octanol–water partition coefficient (Wildman–Crippen LogP) is 3.47. The van der Waals surface area contributed by atoms with Crippen molar-refractivity contribution in [1.82, 2.24) is 4.90 Å². The molecule has 1 fully saturated rings. The Balaban J connectivity index is 2.03. The lowest BCUT2D eigenvalue weighted by molar-refractivity contribution is 0.229. The third-order valence-corrected chi connectivity index (χ3v) is 4.03. The number of halogens is 1. The fraction of sp³-hybridized carbons (Fsp3) is 0.600. The van der Waals surface area contributed by atoms with E-state index in [4.69, 9.17) is 21.1 Å². The molecule has 3 nitrogen and oxygen atoms in total. The molecule has 0 bridgehead atoms. The highest BCUT2D eigenvalue weighted by atomic mass is 35.5. The van der Waals surface area contributed by atoms with E-state index in [1.807, 2.05) is 18.2 Å². The summed E-state index contributed by atoms with van der Waals surface area (Å²) in [6.07, 6.45) is 3.92. The zero-order valence-electron chi connectivity index (χ0n) is 11.7. The van der Waals surface area contributed by atoms with Crippen LogP contribution in [0.5, 0.6) is 11.5 Å². The maximum Gasteiger partial charge on any atom is 0.161 e. The van der Waals surface area contributed by atoms with Gasteiger partial charge in [-0.05, 0) is 43.6 Å². The maximum atomic E-state index is 6.53. The molecular weight excluding hydrogens is 262 g/mol. The van der Waals surface area contributed by atoms with Crippen LogP contribution >= 0.6 is 11.6 Å². The highest BCUT2D eigenvalue weighted by Gasteiger charge is 2.17. The van der Waals surface area contributed by atoms with E-state index >= 15 is 0 Å². The molecule has 1 unspecified atom stereocenters. The first-order chi connectivity index (χ1) is 9.24. The quantitative estimate of drug-likeness (QED) is 0.773. The Morgan fingerprint density at radius 2 is 1.79 bits per heavy atom. The lowest BCUT2D eigenvalue weighted by Gasteiger charge is -2.28. The standard InChI is InChI=1S/C15H22ClNO2/c1-18-14-7-6-12(10-15(14)19-2)13(16)11-17-8-4-3-5-9-17/h6-7,10,13H,3-5,8-9,11H2,1-2H3. The van der Waals surface area contributed by atoms with Gasteiger partial charge in [-0.2, -0.15) is 0 Å². The zero-order chi connectivity index (χ0) is 13.7. The molecule has 0 radical (unpaired) electrons. The first-order valence-corrected chi connectivity index (χ1v) is 7.26. The molecule has 1 saturated heterocycles. The largest absolute Gasteiger partial charge is 0.493 e. The molecule has 0 aliphatic carbocycles. The van der Waals surface area contributed by atoms with Crippen molar-refractivity contribution >= 4 is 11.6 Å². The van der Waals surface area contributed by atoms with Gasteiger partial charge in [0, 0.05) is 6.54 Å². The van der Waals surface area contributed by atoms with Gasteiger partial charge >= 0.3 is 0 Å². The minimum Gasteiger partial charge on any atom is -0.493 e. The number of hydrogen-bond donors (Lipinski definition) is 0. The van der Waals surface area contributed by atoms with Gasteiger partial charge in [-0.15, -0.1) is 11.6 Å². The minimum atomic E-state index is -0.00194. The van der Waals surface area contributed by atoms with Crippen LogP contribution in [0.25, 0.3) is 0 Å². The van der Waals surface area contributed by atoms with Gasteiger partial charge in [0.25, 0.3) is 0 Å². The zero-order valence-corrected chi connectivity index (χ0v) is 12.4. The van der Waals surface area contributed by atoms with Crippen molar-refractivity contribution in [3.05, 3.63) is 23.8 Å². The molecule has 1 atom stereocenters. The molecule has 0 amide bonds. The fourth-order valence-electron chi connectivity index (χ4n) is 2.52. The Hall–Kier alpha value is -0.930. The number of ether oxygens (including phenoxy) is 2. The van der Waals surface area contributed by atoms with E-state index in [1.54, 1.807) is 14.2 Å². The van der Waals surface area contributed by atoms with Crippen LogP contribution in [0, 0.1) is 0 Å². The summed E-state index contributed by atoms with van der Waals surface area (Å²) in [5.41, 5.74) is 1.09. The van der Waals surface area contributed by atoms with E-state index in [-0.39, 0.29) is 5.38 Å². The number of methoxy groups -OCH3 is 2. The lowest BCUT2D eigenvalue weighted by atomic mass is 10.1. The Morgan fingerprint density at radius 1 is 1.11 bits per heavy atom. The number of piperidine rings is 1. The van der Waals surface area contributed by atoms with Gasteiger partial charge in [-0.25, -0.2) is 0 Å².